The summed E-state index contributed by atoms with van der Waals surface area (Å²) in [7, 11) is -1.07. The molecule has 1 aromatic rings. The molecule has 1 aliphatic rings. The molecule has 1 fully saturated rings. The fourth-order valence-corrected chi connectivity index (χ4v) is 2.46. The van der Waals surface area contributed by atoms with Gasteiger partial charge in [-0.2, -0.15) is 0 Å². The van der Waals surface area contributed by atoms with Crippen molar-refractivity contribution in [2.75, 3.05) is 13.2 Å². The van der Waals surface area contributed by atoms with Gasteiger partial charge in [-0.15, -0.1) is 0 Å². The Balaban J connectivity index is 2.33. The lowest BCUT2D eigenvalue weighted by atomic mass is 9.82. The van der Waals surface area contributed by atoms with Crippen LogP contribution in [0.1, 0.15) is 46.6 Å². The van der Waals surface area contributed by atoms with Crippen LogP contribution in [0.4, 0.5) is 8.78 Å². The molecule has 132 valence electrons. The number of halogens is 2. The molecule has 0 spiro atoms. The van der Waals surface area contributed by atoms with E-state index in [4.69, 9.17) is 14.0 Å². The highest BCUT2D eigenvalue weighted by atomic mass is 19.1. The molecule has 0 bridgehead atoms. The molecule has 1 saturated heterocycles. The minimum Gasteiger partial charge on any atom is -0.398 e. The van der Waals surface area contributed by atoms with Gasteiger partial charge in [-0.25, -0.2) is 8.78 Å². The van der Waals surface area contributed by atoms with Gasteiger partial charge in [-0.1, -0.05) is 12.1 Å². The van der Waals surface area contributed by atoms with Gasteiger partial charge >= 0.3 is 7.12 Å². The lowest BCUT2D eigenvalue weighted by molar-refractivity contribution is 0.00578. The predicted octanol–water partition coefficient (Wildman–Crippen LogP) is 4.56. The maximum Gasteiger partial charge on any atom is 0.525 e. The summed E-state index contributed by atoms with van der Waals surface area (Å²) >= 11 is 0. The third-order valence-corrected chi connectivity index (χ3v) is 4.64. The molecule has 2 rings (SSSR count). The van der Waals surface area contributed by atoms with Gasteiger partial charge in [0.1, 0.15) is 11.5 Å². The Hall–Kier alpha value is -1.24. The largest absolute Gasteiger partial charge is 0.525 e. The lowest BCUT2D eigenvalue weighted by Crippen LogP contribution is -2.41. The molecule has 0 saturated carbocycles. The average Bonchev–Trinajstić information content (AvgIpc) is 2.73. The zero-order valence-corrected chi connectivity index (χ0v) is 15.0. The van der Waals surface area contributed by atoms with Crippen LogP contribution in [0.5, 0.6) is 0 Å². The minimum absolute atomic E-state index is 0.357. The van der Waals surface area contributed by atoms with Gasteiger partial charge in [0.25, 0.3) is 0 Å². The molecule has 0 radical (unpaired) electrons. The molecule has 1 aliphatic heterocycles. The molecule has 0 unspecified atom stereocenters. The number of hydrogen-bond donors (Lipinski definition) is 0. The van der Waals surface area contributed by atoms with E-state index in [0.717, 1.165) is 0 Å². The highest BCUT2D eigenvalue weighted by Crippen LogP contribution is 2.40. The normalized spacial score (nSPS) is 20.2. The van der Waals surface area contributed by atoms with E-state index in [-0.39, 0.29) is 5.82 Å². The van der Waals surface area contributed by atoms with Gasteiger partial charge in [0.15, 0.2) is 0 Å². The number of ether oxygens (including phenoxy) is 1. The summed E-state index contributed by atoms with van der Waals surface area (Å²) in [6.45, 7) is 10.3. The molecular weight excluding hydrogens is 313 g/mol. The average molecular weight is 338 g/mol. The maximum absolute atomic E-state index is 15.2. The Morgan fingerprint density at radius 2 is 1.62 bits per heavy atom. The summed E-state index contributed by atoms with van der Waals surface area (Å²) in [4.78, 5) is 0. The van der Waals surface area contributed by atoms with E-state index < -0.39 is 24.0 Å². The van der Waals surface area contributed by atoms with Gasteiger partial charge in [-0.3, -0.25) is 0 Å². The van der Waals surface area contributed by atoms with Crippen LogP contribution in [0.3, 0.4) is 0 Å². The van der Waals surface area contributed by atoms with Crippen molar-refractivity contribution < 1.29 is 22.8 Å². The van der Waals surface area contributed by atoms with Crippen molar-refractivity contribution in [2.24, 2.45) is 0 Å². The second-order valence-electron chi connectivity index (χ2n) is 6.87. The Labute approximate surface area is 143 Å². The first kappa shape index (κ1) is 19.1. The van der Waals surface area contributed by atoms with Gasteiger partial charge < -0.3 is 14.0 Å². The van der Waals surface area contributed by atoms with E-state index in [1.54, 1.807) is 12.1 Å². The smallest absolute Gasteiger partial charge is 0.398 e. The third-order valence-electron chi connectivity index (χ3n) is 4.64. The number of rotatable bonds is 6. The standard InChI is InChI=1S/C18H25BF2O3/c1-6-22-12-11-15(13-7-9-14(20)10-8-13)16(21)19-23-17(2,3)18(4,5)24-19/h7-10H,6,11-12H2,1-5H3. The third kappa shape index (κ3) is 4.05. The van der Waals surface area contributed by atoms with E-state index in [0.29, 0.717) is 30.8 Å². The Kier molecular flexibility index (Phi) is 5.84. The summed E-state index contributed by atoms with van der Waals surface area (Å²) in [6, 6.07) is 5.74. The second-order valence-corrected chi connectivity index (χ2v) is 6.87. The fraction of sp³-hybridized carbons (Fsp3) is 0.556. The first-order chi connectivity index (χ1) is 11.2. The Morgan fingerprint density at radius 3 is 2.12 bits per heavy atom. The number of hydrogen-bond acceptors (Lipinski definition) is 3. The van der Waals surface area contributed by atoms with Crippen LogP contribution in [0.2, 0.25) is 0 Å². The van der Waals surface area contributed by atoms with Crippen LogP contribution in [0.25, 0.3) is 5.57 Å². The molecule has 6 heteroatoms. The first-order valence-electron chi connectivity index (χ1n) is 8.26. The van der Waals surface area contributed by atoms with Crippen molar-refractivity contribution in [3.63, 3.8) is 0 Å². The van der Waals surface area contributed by atoms with Crippen LogP contribution in [-0.2, 0) is 14.0 Å². The first-order valence-corrected chi connectivity index (χ1v) is 8.26. The monoisotopic (exact) mass is 338 g/mol. The summed E-state index contributed by atoms with van der Waals surface area (Å²) in [6.07, 6.45) is 0.357. The zero-order chi connectivity index (χ0) is 18.0. The van der Waals surface area contributed by atoms with Crippen molar-refractivity contribution in [1.82, 2.24) is 0 Å². The highest BCUT2D eigenvalue weighted by Gasteiger charge is 2.53. The van der Waals surface area contributed by atoms with Gasteiger partial charge in [-0.05, 0) is 64.3 Å². The van der Waals surface area contributed by atoms with Crippen molar-refractivity contribution >= 4 is 12.7 Å². The van der Waals surface area contributed by atoms with Crippen molar-refractivity contribution in [2.45, 2.75) is 52.2 Å². The van der Waals surface area contributed by atoms with E-state index in [1.165, 1.54) is 12.1 Å². The van der Waals surface area contributed by atoms with Crippen LogP contribution in [0.15, 0.2) is 30.0 Å². The Bertz CT molecular complexity index is 581. The van der Waals surface area contributed by atoms with Gasteiger partial charge in [0.2, 0.25) is 0 Å². The van der Waals surface area contributed by atoms with Crippen molar-refractivity contribution in [3.05, 3.63) is 41.4 Å². The summed E-state index contributed by atoms with van der Waals surface area (Å²) < 4.78 is 45.3. The van der Waals surface area contributed by atoms with E-state index in [2.05, 4.69) is 0 Å². The SMILES string of the molecule is CCOCCC(=C(F)B1OC(C)(C)C(C)(C)O1)c1ccc(F)cc1. The van der Waals surface area contributed by atoms with Crippen molar-refractivity contribution in [1.29, 1.82) is 0 Å². The topological polar surface area (TPSA) is 27.7 Å². The molecule has 0 amide bonds. The molecule has 0 aromatic heterocycles. The van der Waals surface area contributed by atoms with E-state index in [9.17, 15) is 4.39 Å². The summed E-state index contributed by atoms with van der Waals surface area (Å²) in [5, 5.41) is 0. The maximum atomic E-state index is 15.2. The Morgan fingerprint density at radius 1 is 1.08 bits per heavy atom. The molecule has 1 aromatic carbocycles. The van der Waals surface area contributed by atoms with Gasteiger partial charge in [0.05, 0.1) is 17.8 Å². The number of benzene rings is 1. The van der Waals surface area contributed by atoms with Crippen LogP contribution in [0, 0.1) is 5.82 Å². The quantitative estimate of drug-likeness (QED) is 0.562. The lowest BCUT2D eigenvalue weighted by Gasteiger charge is -2.32. The highest BCUT2D eigenvalue weighted by molar-refractivity contribution is 6.55. The molecule has 0 N–H and O–H groups in total. The van der Waals surface area contributed by atoms with E-state index in [1.807, 2.05) is 34.6 Å². The van der Waals surface area contributed by atoms with Crippen molar-refractivity contribution in [3.8, 4) is 0 Å². The van der Waals surface area contributed by atoms with E-state index >= 15 is 4.39 Å². The zero-order valence-electron chi connectivity index (χ0n) is 15.0. The molecule has 0 aliphatic carbocycles. The van der Waals surface area contributed by atoms with Crippen LogP contribution < -0.4 is 0 Å². The molecular formula is C18H25BF2O3. The van der Waals surface area contributed by atoms with Crippen LogP contribution in [-0.4, -0.2) is 31.5 Å². The predicted molar refractivity (Wildman–Crippen MR) is 91.6 cm³/mol. The molecule has 1 heterocycles. The summed E-state index contributed by atoms with van der Waals surface area (Å²) in [5.74, 6) is -0.362. The van der Waals surface area contributed by atoms with Gasteiger partial charge in [0, 0.05) is 6.61 Å². The second kappa shape index (κ2) is 7.34. The summed E-state index contributed by atoms with van der Waals surface area (Å²) in [5.41, 5.74) is -0.712. The minimum atomic E-state index is -1.07. The molecule has 0 atom stereocenters. The molecule has 3 nitrogen and oxygen atoms in total. The fourth-order valence-electron chi connectivity index (χ4n) is 2.46. The molecule has 24 heavy (non-hydrogen) atoms. The van der Waals surface area contributed by atoms with Crippen LogP contribution >= 0.6 is 0 Å².